The summed E-state index contributed by atoms with van der Waals surface area (Å²) in [6.07, 6.45) is 2.62. The molecule has 2 N–H and O–H groups in total. The summed E-state index contributed by atoms with van der Waals surface area (Å²) in [5.41, 5.74) is 0. The van der Waals surface area contributed by atoms with Crippen molar-refractivity contribution in [3.63, 3.8) is 0 Å². The summed E-state index contributed by atoms with van der Waals surface area (Å²) in [7, 11) is 2.11. The predicted molar refractivity (Wildman–Crippen MR) is 97.7 cm³/mol. The molecule has 0 aliphatic heterocycles. The first-order valence-electron chi connectivity index (χ1n) is 8.52. The lowest BCUT2D eigenvalue weighted by atomic mass is 9.66. The number of hydrogen-bond donors (Lipinski definition) is 3. The van der Waals surface area contributed by atoms with E-state index in [1.54, 1.807) is 21.3 Å². The van der Waals surface area contributed by atoms with Crippen molar-refractivity contribution in [2.24, 2.45) is 23.7 Å². The number of hydrogen-bond acceptors (Lipinski definition) is 6. The maximum absolute atomic E-state index is 11.6. The minimum absolute atomic E-state index is 0.00358. The van der Waals surface area contributed by atoms with Crippen LogP contribution in [-0.2, 0) is 22.9 Å². The molecule has 1 fully saturated rings. The number of carboxylic acids is 2. The van der Waals surface area contributed by atoms with Gasteiger partial charge in [0.1, 0.15) is 0 Å². The molecule has 0 heterocycles. The normalized spacial score (nSPS) is 28.5. The van der Waals surface area contributed by atoms with Crippen molar-refractivity contribution in [3.05, 3.63) is 0 Å². The molecule has 1 rings (SSSR count). The zero-order valence-electron chi connectivity index (χ0n) is 15.3. The van der Waals surface area contributed by atoms with E-state index in [4.69, 9.17) is 25.9 Å². The van der Waals surface area contributed by atoms with E-state index in [1.165, 1.54) is 0 Å². The Hall–Kier alpha value is -0.613. The molecule has 0 saturated heterocycles. The van der Waals surface area contributed by atoms with Gasteiger partial charge in [0.2, 0.25) is 0 Å². The molecule has 0 radical (unpaired) electrons. The minimum atomic E-state index is -2.61. The Morgan fingerprint density at radius 3 is 2.12 bits per heavy atom. The largest absolute Gasteiger partial charge is 0.500 e. The van der Waals surface area contributed by atoms with Crippen LogP contribution in [-0.4, -0.2) is 57.5 Å². The van der Waals surface area contributed by atoms with Crippen LogP contribution in [0.4, 0.5) is 0 Å². The van der Waals surface area contributed by atoms with Gasteiger partial charge in [-0.05, 0) is 37.5 Å². The van der Waals surface area contributed by atoms with Gasteiger partial charge in [-0.2, -0.15) is 12.6 Å². The fourth-order valence-corrected chi connectivity index (χ4v) is 6.31. The van der Waals surface area contributed by atoms with Gasteiger partial charge in [-0.3, -0.25) is 9.59 Å². The third-order valence-corrected chi connectivity index (χ3v) is 8.97. The Kier molecular flexibility index (Phi) is 8.89. The molecule has 0 bridgehead atoms. The third kappa shape index (κ3) is 5.43. The third-order valence-electron chi connectivity index (χ3n) is 5.50. The highest BCUT2D eigenvalue weighted by Crippen LogP contribution is 2.43. The van der Waals surface area contributed by atoms with Crippen molar-refractivity contribution in [1.29, 1.82) is 0 Å². The van der Waals surface area contributed by atoms with Crippen LogP contribution < -0.4 is 0 Å². The highest BCUT2D eigenvalue weighted by atomic mass is 32.1. The van der Waals surface area contributed by atoms with E-state index in [2.05, 4.69) is 0 Å². The van der Waals surface area contributed by atoms with Crippen LogP contribution in [0.25, 0.3) is 0 Å². The predicted octanol–water partition coefficient (Wildman–Crippen LogP) is 2.39. The van der Waals surface area contributed by atoms with Crippen molar-refractivity contribution >= 4 is 33.4 Å². The van der Waals surface area contributed by atoms with Gasteiger partial charge in [0.15, 0.2) is 0 Å². The SMILES string of the molecule is CO[Si](CCCC(S)C1CCC(C(=O)O)C(C(=O)O)C1C)(OC)OC. The van der Waals surface area contributed by atoms with E-state index >= 15 is 0 Å². The number of aliphatic carboxylic acids is 2. The van der Waals surface area contributed by atoms with E-state index in [1.807, 2.05) is 6.92 Å². The first-order chi connectivity index (χ1) is 11.7. The van der Waals surface area contributed by atoms with Crippen LogP contribution in [0, 0.1) is 23.7 Å². The van der Waals surface area contributed by atoms with Gasteiger partial charge < -0.3 is 23.5 Å². The molecule has 146 valence electrons. The monoisotopic (exact) mass is 394 g/mol. The van der Waals surface area contributed by atoms with Crippen LogP contribution in [0.5, 0.6) is 0 Å². The fourth-order valence-electron chi connectivity index (χ4n) is 3.96. The molecule has 0 aromatic carbocycles. The molecule has 1 aliphatic rings. The fraction of sp³-hybridized carbons (Fsp3) is 0.875. The number of rotatable bonds is 10. The Morgan fingerprint density at radius 1 is 1.12 bits per heavy atom. The zero-order chi connectivity index (χ0) is 19.2. The molecule has 5 atom stereocenters. The smallest absolute Gasteiger partial charge is 0.481 e. The molecular formula is C16H30O7SSi. The van der Waals surface area contributed by atoms with Crippen molar-refractivity contribution < 1.29 is 33.1 Å². The minimum Gasteiger partial charge on any atom is -0.481 e. The first-order valence-corrected chi connectivity index (χ1v) is 11.0. The number of thiol groups is 1. The Labute approximate surface area is 155 Å². The number of carboxylic acid groups (broad SMARTS) is 2. The van der Waals surface area contributed by atoms with Gasteiger partial charge in [-0.25, -0.2) is 0 Å². The summed E-state index contributed by atoms with van der Waals surface area (Å²) in [5, 5.41) is 18.8. The quantitative estimate of drug-likeness (QED) is 0.386. The van der Waals surface area contributed by atoms with Crippen LogP contribution >= 0.6 is 12.6 Å². The topological polar surface area (TPSA) is 102 Å². The van der Waals surface area contributed by atoms with Gasteiger partial charge in [-0.15, -0.1) is 0 Å². The molecular weight excluding hydrogens is 364 g/mol. The molecule has 1 saturated carbocycles. The molecule has 0 aromatic heterocycles. The summed E-state index contributed by atoms with van der Waals surface area (Å²) in [5.74, 6) is -3.90. The summed E-state index contributed by atoms with van der Waals surface area (Å²) < 4.78 is 16.2. The Morgan fingerprint density at radius 2 is 1.68 bits per heavy atom. The molecule has 9 heteroatoms. The molecule has 0 spiro atoms. The van der Waals surface area contributed by atoms with Gasteiger partial charge in [-0.1, -0.05) is 6.92 Å². The van der Waals surface area contributed by atoms with Gasteiger partial charge in [0.25, 0.3) is 0 Å². The lowest BCUT2D eigenvalue weighted by Crippen LogP contribution is -2.44. The highest BCUT2D eigenvalue weighted by molar-refractivity contribution is 7.81. The van der Waals surface area contributed by atoms with E-state index in [-0.39, 0.29) is 17.1 Å². The van der Waals surface area contributed by atoms with Crippen LogP contribution in [0.15, 0.2) is 0 Å². The second kappa shape index (κ2) is 9.91. The summed E-state index contributed by atoms with van der Waals surface area (Å²) in [6.45, 7) is 1.83. The summed E-state index contributed by atoms with van der Waals surface area (Å²) >= 11 is 4.69. The molecule has 5 unspecified atom stereocenters. The van der Waals surface area contributed by atoms with Crippen molar-refractivity contribution in [2.45, 2.75) is 43.9 Å². The van der Waals surface area contributed by atoms with E-state index in [0.29, 0.717) is 18.9 Å². The summed E-state index contributed by atoms with van der Waals surface area (Å²) in [4.78, 5) is 22.9. The first kappa shape index (κ1) is 22.4. The lowest BCUT2D eigenvalue weighted by molar-refractivity contribution is -0.159. The van der Waals surface area contributed by atoms with Crippen molar-refractivity contribution in [1.82, 2.24) is 0 Å². The van der Waals surface area contributed by atoms with E-state index in [9.17, 15) is 19.8 Å². The Balaban J connectivity index is 2.68. The molecule has 25 heavy (non-hydrogen) atoms. The second-order valence-corrected chi connectivity index (χ2v) is 10.4. The van der Waals surface area contributed by atoms with E-state index in [0.717, 1.165) is 12.8 Å². The lowest BCUT2D eigenvalue weighted by Gasteiger charge is -2.40. The average molecular weight is 395 g/mol. The van der Waals surface area contributed by atoms with Gasteiger partial charge >= 0.3 is 20.7 Å². The molecule has 7 nitrogen and oxygen atoms in total. The van der Waals surface area contributed by atoms with Crippen LogP contribution in [0.3, 0.4) is 0 Å². The number of carbonyl (C=O) groups is 2. The average Bonchev–Trinajstić information content (AvgIpc) is 2.58. The van der Waals surface area contributed by atoms with Crippen molar-refractivity contribution in [2.75, 3.05) is 21.3 Å². The molecule has 0 amide bonds. The van der Waals surface area contributed by atoms with Gasteiger partial charge in [0.05, 0.1) is 11.8 Å². The van der Waals surface area contributed by atoms with Crippen LogP contribution in [0.1, 0.15) is 32.6 Å². The highest BCUT2D eigenvalue weighted by Gasteiger charge is 2.46. The van der Waals surface area contributed by atoms with Crippen LogP contribution in [0.2, 0.25) is 6.04 Å². The molecule has 1 aliphatic carbocycles. The second-order valence-electron chi connectivity index (χ2n) is 6.66. The van der Waals surface area contributed by atoms with Gasteiger partial charge in [0, 0.05) is 32.6 Å². The standard InChI is InChI=1S/C16H30O7SSi/c1-10-11(7-8-12(15(17)18)14(10)16(19)20)13(24)6-5-9-25(21-2,22-3)23-4/h10-14,24H,5-9H2,1-4H3,(H,17,18)(H,19,20). The maximum atomic E-state index is 11.6. The summed E-state index contributed by atoms with van der Waals surface area (Å²) in [6, 6.07) is 0.661. The van der Waals surface area contributed by atoms with E-state index < -0.39 is 32.6 Å². The van der Waals surface area contributed by atoms with Crippen molar-refractivity contribution in [3.8, 4) is 0 Å². The zero-order valence-corrected chi connectivity index (χ0v) is 17.2. The molecule has 0 aromatic rings. The Bertz CT molecular complexity index is 449. The maximum Gasteiger partial charge on any atom is 0.500 e.